The number of fused-ring (bicyclic) bond motifs is 1. The molecule has 1 N–H and O–H groups in total. The monoisotopic (exact) mass is 409 g/mol. The van der Waals surface area contributed by atoms with E-state index in [1.54, 1.807) is 0 Å². The van der Waals surface area contributed by atoms with Crippen molar-refractivity contribution in [2.75, 3.05) is 26.2 Å². The Morgan fingerprint density at radius 2 is 1.90 bits per heavy atom. The molecule has 0 spiro atoms. The second-order valence-corrected chi connectivity index (χ2v) is 8.84. The average molecular weight is 410 g/mol. The molecular weight excluding hydrogens is 374 g/mol. The number of pyridine rings is 1. The van der Waals surface area contributed by atoms with E-state index in [-0.39, 0.29) is 17.9 Å². The van der Waals surface area contributed by atoms with Gasteiger partial charge in [0.25, 0.3) is 0 Å². The minimum absolute atomic E-state index is 0.0644. The van der Waals surface area contributed by atoms with Gasteiger partial charge in [-0.3, -0.25) is 19.6 Å². The van der Waals surface area contributed by atoms with Crippen LogP contribution in [0.5, 0.6) is 0 Å². The molecule has 2 aliphatic heterocycles. The van der Waals surface area contributed by atoms with E-state index in [1.165, 1.54) is 30.5 Å². The van der Waals surface area contributed by atoms with Crippen molar-refractivity contribution in [3.8, 4) is 0 Å². The standard InChI is InChI=1S/C24H35N5O/c1-27-14-6-7-21(27)18-28-16-10-22-23(19-28)29(17-20-8-12-25-13-9-20)15-5-3-2-4-11-26-24(22)30/h6-9,12-14,22-23H,2-5,10-11,15-19H2,1H3,(H,26,30). The summed E-state index contributed by atoms with van der Waals surface area (Å²) in [6.45, 7) is 5.61. The molecule has 2 fully saturated rings. The summed E-state index contributed by atoms with van der Waals surface area (Å²) in [5, 5.41) is 3.23. The third-order valence-corrected chi connectivity index (χ3v) is 6.72. The molecule has 6 heteroatoms. The molecule has 0 aliphatic carbocycles. The van der Waals surface area contributed by atoms with E-state index in [4.69, 9.17) is 0 Å². The van der Waals surface area contributed by atoms with E-state index in [9.17, 15) is 4.79 Å². The number of nitrogens with zero attached hydrogens (tertiary/aromatic N) is 4. The summed E-state index contributed by atoms with van der Waals surface area (Å²) in [5.74, 6) is 0.315. The van der Waals surface area contributed by atoms with Crippen LogP contribution in [0.3, 0.4) is 0 Å². The van der Waals surface area contributed by atoms with Gasteiger partial charge in [0.2, 0.25) is 5.91 Å². The smallest absolute Gasteiger partial charge is 0.224 e. The number of piperidine rings is 1. The summed E-state index contributed by atoms with van der Waals surface area (Å²) in [4.78, 5) is 22.4. The zero-order valence-corrected chi connectivity index (χ0v) is 18.2. The molecule has 162 valence electrons. The number of nitrogens with one attached hydrogen (secondary N) is 1. The van der Waals surface area contributed by atoms with E-state index in [0.29, 0.717) is 0 Å². The summed E-state index contributed by atoms with van der Waals surface area (Å²) in [7, 11) is 2.11. The van der Waals surface area contributed by atoms with Gasteiger partial charge in [-0.05, 0) is 62.2 Å². The van der Waals surface area contributed by atoms with Crippen LogP contribution in [0.25, 0.3) is 0 Å². The number of carbonyl (C=O) groups is 1. The highest BCUT2D eigenvalue weighted by Gasteiger charge is 2.37. The molecule has 0 saturated carbocycles. The minimum atomic E-state index is 0.0644. The van der Waals surface area contributed by atoms with Crippen LogP contribution in [0.2, 0.25) is 0 Å². The second kappa shape index (κ2) is 10.2. The first kappa shape index (κ1) is 21.1. The number of carbonyl (C=O) groups excluding carboxylic acids is 1. The summed E-state index contributed by atoms with van der Waals surface area (Å²) < 4.78 is 2.20. The maximum absolute atomic E-state index is 13.1. The fraction of sp³-hybridized carbons (Fsp3) is 0.583. The van der Waals surface area contributed by atoms with Crippen LogP contribution in [0, 0.1) is 5.92 Å². The van der Waals surface area contributed by atoms with Crippen molar-refractivity contribution in [2.45, 2.75) is 51.2 Å². The summed E-state index contributed by atoms with van der Waals surface area (Å²) in [6, 6.07) is 8.75. The van der Waals surface area contributed by atoms with Gasteiger partial charge in [-0.15, -0.1) is 0 Å². The van der Waals surface area contributed by atoms with Crippen LogP contribution in [0.15, 0.2) is 42.9 Å². The lowest BCUT2D eigenvalue weighted by atomic mass is 9.88. The molecule has 0 aromatic carbocycles. The summed E-state index contributed by atoms with van der Waals surface area (Å²) in [6.07, 6.45) is 11.5. The van der Waals surface area contributed by atoms with Gasteiger partial charge in [0.1, 0.15) is 0 Å². The second-order valence-electron chi connectivity index (χ2n) is 8.84. The Morgan fingerprint density at radius 3 is 2.70 bits per heavy atom. The van der Waals surface area contributed by atoms with Crippen molar-refractivity contribution >= 4 is 5.91 Å². The highest BCUT2D eigenvalue weighted by atomic mass is 16.1. The molecular formula is C24H35N5O. The molecule has 2 aliphatic rings. The van der Waals surface area contributed by atoms with Crippen molar-refractivity contribution in [3.63, 3.8) is 0 Å². The third-order valence-electron chi connectivity index (χ3n) is 6.72. The Labute approximate surface area is 180 Å². The van der Waals surface area contributed by atoms with E-state index in [0.717, 1.165) is 52.1 Å². The van der Waals surface area contributed by atoms with E-state index < -0.39 is 0 Å². The normalized spacial score (nSPS) is 24.6. The van der Waals surface area contributed by atoms with Crippen LogP contribution in [-0.2, 0) is 24.9 Å². The van der Waals surface area contributed by atoms with Crippen molar-refractivity contribution < 1.29 is 4.79 Å². The SMILES string of the molecule is Cn1cccc1CN1CCC2C(=O)NCCCCCCN(Cc3ccncc3)C2C1. The number of hydrogen-bond acceptors (Lipinski definition) is 4. The molecule has 2 unspecified atom stereocenters. The van der Waals surface area contributed by atoms with Gasteiger partial charge in [-0.1, -0.05) is 12.8 Å². The Balaban J connectivity index is 1.55. The highest BCUT2D eigenvalue weighted by molar-refractivity contribution is 5.79. The lowest BCUT2D eigenvalue weighted by molar-refractivity contribution is -0.129. The summed E-state index contributed by atoms with van der Waals surface area (Å²) in [5.41, 5.74) is 2.61. The van der Waals surface area contributed by atoms with Crippen LogP contribution in [-0.4, -0.2) is 57.5 Å². The summed E-state index contributed by atoms with van der Waals surface area (Å²) >= 11 is 0. The zero-order chi connectivity index (χ0) is 20.8. The molecule has 0 radical (unpaired) electrons. The number of hydrogen-bond donors (Lipinski definition) is 1. The van der Waals surface area contributed by atoms with Gasteiger partial charge >= 0.3 is 0 Å². The topological polar surface area (TPSA) is 53.4 Å². The Hall–Kier alpha value is -2.18. The van der Waals surface area contributed by atoms with Crippen LogP contribution < -0.4 is 5.32 Å². The zero-order valence-electron chi connectivity index (χ0n) is 18.2. The predicted molar refractivity (Wildman–Crippen MR) is 119 cm³/mol. The molecule has 4 heterocycles. The molecule has 4 rings (SSSR count). The van der Waals surface area contributed by atoms with Crippen LogP contribution >= 0.6 is 0 Å². The molecule has 30 heavy (non-hydrogen) atoms. The Kier molecular flexibility index (Phi) is 7.18. The maximum Gasteiger partial charge on any atom is 0.224 e. The first-order valence-electron chi connectivity index (χ1n) is 11.4. The van der Waals surface area contributed by atoms with Crippen LogP contribution in [0.1, 0.15) is 43.4 Å². The lowest BCUT2D eigenvalue weighted by Crippen LogP contribution is -2.56. The van der Waals surface area contributed by atoms with Crippen molar-refractivity contribution in [3.05, 3.63) is 54.1 Å². The fourth-order valence-electron chi connectivity index (χ4n) is 4.93. The molecule has 2 aromatic heterocycles. The predicted octanol–water partition coefficient (Wildman–Crippen LogP) is 2.80. The van der Waals surface area contributed by atoms with Gasteiger partial charge in [0, 0.05) is 63.6 Å². The molecule has 2 aromatic rings. The van der Waals surface area contributed by atoms with Crippen LogP contribution in [0.4, 0.5) is 0 Å². The maximum atomic E-state index is 13.1. The molecule has 0 bridgehead atoms. The van der Waals surface area contributed by atoms with Gasteiger partial charge < -0.3 is 9.88 Å². The number of rotatable bonds is 4. The quantitative estimate of drug-likeness (QED) is 0.844. The van der Waals surface area contributed by atoms with Crippen molar-refractivity contribution in [2.24, 2.45) is 13.0 Å². The highest BCUT2D eigenvalue weighted by Crippen LogP contribution is 2.27. The van der Waals surface area contributed by atoms with E-state index >= 15 is 0 Å². The number of amides is 1. The Bertz CT molecular complexity index is 805. The van der Waals surface area contributed by atoms with Gasteiger partial charge in [-0.25, -0.2) is 0 Å². The molecule has 2 atom stereocenters. The fourth-order valence-corrected chi connectivity index (χ4v) is 4.93. The first-order chi connectivity index (χ1) is 14.7. The number of aryl methyl sites for hydroxylation is 1. The van der Waals surface area contributed by atoms with Gasteiger partial charge in [0.15, 0.2) is 0 Å². The number of aromatic nitrogens is 2. The van der Waals surface area contributed by atoms with E-state index in [1.807, 2.05) is 12.4 Å². The molecule has 6 nitrogen and oxygen atoms in total. The Morgan fingerprint density at radius 1 is 1.07 bits per heavy atom. The van der Waals surface area contributed by atoms with Crippen molar-refractivity contribution in [1.29, 1.82) is 0 Å². The average Bonchev–Trinajstić information content (AvgIpc) is 3.15. The van der Waals surface area contributed by atoms with Gasteiger partial charge in [-0.2, -0.15) is 0 Å². The minimum Gasteiger partial charge on any atom is -0.356 e. The molecule has 2 saturated heterocycles. The molecule has 1 amide bonds. The van der Waals surface area contributed by atoms with Gasteiger partial charge in [0.05, 0.1) is 5.92 Å². The lowest BCUT2D eigenvalue weighted by Gasteiger charge is -2.43. The largest absolute Gasteiger partial charge is 0.356 e. The number of likely N-dealkylation sites (tertiary alicyclic amines) is 1. The van der Waals surface area contributed by atoms with Crippen molar-refractivity contribution in [1.82, 2.24) is 24.7 Å². The third kappa shape index (κ3) is 5.29. The van der Waals surface area contributed by atoms with E-state index in [2.05, 4.69) is 62.2 Å². The first-order valence-corrected chi connectivity index (χ1v) is 11.4.